The number of hydrogen-bond donors (Lipinski definition) is 1. The van der Waals surface area contributed by atoms with Crippen LogP contribution in [0.2, 0.25) is 0 Å². The summed E-state index contributed by atoms with van der Waals surface area (Å²) < 4.78 is 13.1. The Hall–Kier alpha value is -1.42. The molecule has 0 radical (unpaired) electrons. The van der Waals surface area contributed by atoms with Gasteiger partial charge in [-0.25, -0.2) is 4.39 Å². The van der Waals surface area contributed by atoms with Crippen LogP contribution in [0.3, 0.4) is 0 Å². The molecule has 0 atom stereocenters. The number of nitrogens with two attached hydrogens (primary N) is 1. The van der Waals surface area contributed by atoms with E-state index in [9.17, 15) is 9.18 Å². The van der Waals surface area contributed by atoms with E-state index in [0.717, 1.165) is 18.4 Å². The molecule has 18 heavy (non-hydrogen) atoms. The van der Waals surface area contributed by atoms with Gasteiger partial charge in [0.15, 0.2) is 0 Å². The Kier molecular flexibility index (Phi) is 5.78. The van der Waals surface area contributed by atoms with Gasteiger partial charge in [0.1, 0.15) is 5.82 Å². The van der Waals surface area contributed by atoms with E-state index in [1.807, 2.05) is 6.07 Å². The number of halogens is 1. The van der Waals surface area contributed by atoms with Gasteiger partial charge in [-0.1, -0.05) is 12.1 Å². The summed E-state index contributed by atoms with van der Waals surface area (Å²) in [5.74, 6) is -0.0783. The lowest BCUT2D eigenvalue weighted by molar-refractivity contribution is -0.129. The Balaban J connectivity index is 2.44. The minimum Gasteiger partial charge on any atom is -0.345 e. The van der Waals surface area contributed by atoms with E-state index >= 15 is 0 Å². The first-order chi connectivity index (χ1) is 8.54. The third-order valence-electron chi connectivity index (χ3n) is 2.98. The standard InChI is InChI=1S/C14H21FN2O/c1-11-10-12(5-6-13(11)15)7-9-17(2)14(18)4-3-8-16/h5-6,10H,3-4,7-9,16H2,1-2H3. The number of benzene rings is 1. The summed E-state index contributed by atoms with van der Waals surface area (Å²) in [6, 6.07) is 5.06. The van der Waals surface area contributed by atoms with Gasteiger partial charge in [0, 0.05) is 20.0 Å². The van der Waals surface area contributed by atoms with Crippen molar-refractivity contribution < 1.29 is 9.18 Å². The fraction of sp³-hybridized carbons (Fsp3) is 0.500. The molecule has 0 aliphatic rings. The maximum atomic E-state index is 13.1. The Morgan fingerprint density at radius 1 is 1.44 bits per heavy atom. The molecule has 1 aromatic carbocycles. The predicted molar refractivity (Wildman–Crippen MR) is 70.8 cm³/mol. The Labute approximate surface area is 108 Å². The van der Waals surface area contributed by atoms with Gasteiger partial charge in [-0.05, 0) is 43.5 Å². The molecule has 2 N–H and O–H groups in total. The number of carbonyl (C=O) groups excluding carboxylic acids is 1. The molecule has 0 aliphatic carbocycles. The SMILES string of the molecule is Cc1cc(CCN(C)C(=O)CCCN)ccc1F. The van der Waals surface area contributed by atoms with Gasteiger partial charge in [0.25, 0.3) is 0 Å². The fourth-order valence-electron chi connectivity index (χ4n) is 1.73. The first-order valence-corrected chi connectivity index (χ1v) is 6.23. The van der Waals surface area contributed by atoms with Crippen LogP contribution in [-0.2, 0) is 11.2 Å². The minimum absolute atomic E-state index is 0.110. The lowest BCUT2D eigenvalue weighted by Gasteiger charge is -2.17. The van der Waals surface area contributed by atoms with Gasteiger partial charge in [0.2, 0.25) is 5.91 Å². The van der Waals surface area contributed by atoms with Crippen LogP contribution in [0.4, 0.5) is 4.39 Å². The number of aryl methyl sites for hydroxylation is 1. The zero-order chi connectivity index (χ0) is 13.5. The summed E-state index contributed by atoms with van der Waals surface area (Å²) in [5.41, 5.74) is 7.06. The Bertz CT molecular complexity index is 407. The molecule has 0 spiro atoms. The lowest BCUT2D eigenvalue weighted by Crippen LogP contribution is -2.29. The van der Waals surface area contributed by atoms with Gasteiger partial charge in [-0.3, -0.25) is 4.79 Å². The van der Waals surface area contributed by atoms with Crippen LogP contribution < -0.4 is 5.73 Å². The highest BCUT2D eigenvalue weighted by Crippen LogP contribution is 2.10. The third kappa shape index (κ3) is 4.45. The van der Waals surface area contributed by atoms with E-state index in [2.05, 4.69) is 0 Å². The summed E-state index contributed by atoms with van der Waals surface area (Å²) in [7, 11) is 1.79. The first-order valence-electron chi connectivity index (χ1n) is 6.23. The second kappa shape index (κ2) is 7.11. The first kappa shape index (κ1) is 14.6. The molecule has 0 aromatic heterocycles. The van der Waals surface area contributed by atoms with Gasteiger partial charge < -0.3 is 10.6 Å². The Morgan fingerprint density at radius 2 is 2.17 bits per heavy atom. The zero-order valence-electron chi connectivity index (χ0n) is 11.1. The monoisotopic (exact) mass is 252 g/mol. The molecular formula is C14H21FN2O. The molecule has 1 amide bonds. The normalized spacial score (nSPS) is 10.4. The lowest BCUT2D eigenvalue weighted by atomic mass is 10.1. The highest BCUT2D eigenvalue weighted by Gasteiger charge is 2.08. The molecule has 100 valence electrons. The molecule has 0 saturated carbocycles. The van der Waals surface area contributed by atoms with Crippen molar-refractivity contribution in [2.45, 2.75) is 26.2 Å². The number of hydrogen-bond acceptors (Lipinski definition) is 2. The van der Waals surface area contributed by atoms with Gasteiger partial charge in [-0.15, -0.1) is 0 Å². The quantitative estimate of drug-likeness (QED) is 0.840. The molecule has 4 heteroatoms. The molecule has 0 saturated heterocycles. The fourth-order valence-corrected chi connectivity index (χ4v) is 1.73. The third-order valence-corrected chi connectivity index (χ3v) is 2.98. The highest BCUT2D eigenvalue weighted by molar-refractivity contribution is 5.75. The number of likely N-dealkylation sites (N-methyl/N-ethyl adjacent to an activating group) is 1. The summed E-state index contributed by atoms with van der Waals surface area (Å²) in [6.07, 6.45) is 1.96. The zero-order valence-corrected chi connectivity index (χ0v) is 11.1. The van der Waals surface area contributed by atoms with E-state index < -0.39 is 0 Å². The summed E-state index contributed by atoms with van der Waals surface area (Å²) in [5, 5.41) is 0. The molecule has 1 rings (SSSR count). The van der Waals surface area contributed by atoms with Crippen molar-refractivity contribution in [3.63, 3.8) is 0 Å². The summed E-state index contributed by atoms with van der Waals surface area (Å²) in [4.78, 5) is 13.4. The largest absolute Gasteiger partial charge is 0.345 e. The number of carbonyl (C=O) groups is 1. The summed E-state index contributed by atoms with van der Waals surface area (Å²) >= 11 is 0. The van der Waals surface area contributed by atoms with E-state index in [-0.39, 0.29) is 11.7 Å². The van der Waals surface area contributed by atoms with Gasteiger partial charge >= 0.3 is 0 Å². The van der Waals surface area contributed by atoms with Gasteiger partial charge in [0.05, 0.1) is 0 Å². The van der Waals surface area contributed by atoms with Crippen LogP contribution in [0.1, 0.15) is 24.0 Å². The minimum atomic E-state index is -0.189. The number of nitrogens with zero attached hydrogens (tertiary/aromatic N) is 1. The van der Waals surface area contributed by atoms with Crippen LogP contribution in [-0.4, -0.2) is 30.9 Å². The molecule has 0 bridgehead atoms. The molecule has 0 fully saturated rings. The maximum Gasteiger partial charge on any atom is 0.222 e. The van der Waals surface area contributed by atoms with E-state index in [4.69, 9.17) is 5.73 Å². The molecule has 0 heterocycles. The molecule has 1 aromatic rings. The van der Waals surface area contributed by atoms with E-state index in [1.165, 1.54) is 6.07 Å². The van der Waals surface area contributed by atoms with Crippen molar-refractivity contribution in [1.29, 1.82) is 0 Å². The molecule has 0 aliphatic heterocycles. The maximum absolute atomic E-state index is 13.1. The molecule has 3 nitrogen and oxygen atoms in total. The smallest absolute Gasteiger partial charge is 0.222 e. The van der Waals surface area contributed by atoms with Crippen molar-refractivity contribution in [3.05, 3.63) is 35.1 Å². The van der Waals surface area contributed by atoms with Crippen molar-refractivity contribution >= 4 is 5.91 Å². The van der Waals surface area contributed by atoms with Crippen molar-refractivity contribution in [3.8, 4) is 0 Å². The van der Waals surface area contributed by atoms with Crippen LogP contribution in [0.25, 0.3) is 0 Å². The second-order valence-corrected chi connectivity index (χ2v) is 4.54. The van der Waals surface area contributed by atoms with Crippen molar-refractivity contribution in [2.75, 3.05) is 20.1 Å². The average Bonchev–Trinajstić information content (AvgIpc) is 2.36. The van der Waals surface area contributed by atoms with Crippen LogP contribution in [0, 0.1) is 12.7 Å². The average molecular weight is 252 g/mol. The van der Waals surface area contributed by atoms with Crippen molar-refractivity contribution in [1.82, 2.24) is 4.90 Å². The Morgan fingerprint density at radius 3 is 2.78 bits per heavy atom. The second-order valence-electron chi connectivity index (χ2n) is 4.54. The van der Waals surface area contributed by atoms with E-state index in [0.29, 0.717) is 25.1 Å². The predicted octanol–water partition coefficient (Wildman–Crippen LogP) is 1.87. The van der Waals surface area contributed by atoms with E-state index in [1.54, 1.807) is 24.9 Å². The number of rotatable bonds is 6. The number of amides is 1. The van der Waals surface area contributed by atoms with Crippen LogP contribution >= 0.6 is 0 Å². The topological polar surface area (TPSA) is 46.3 Å². The highest BCUT2D eigenvalue weighted by atomic mass is 19.1. The van der Waals surface area contributed by atoms with Crippen LogP contribution in [0.5, 0.6) is 0 Å². The molecule has 0 unspecified atom stereocenters. The summed E-state index contributed by atoms with van der Waals surface area (Å²) in [6.45, 7) is 2.93. The van der Waals surface area contributed by atoms with Crippen molar-refractivity contribution in [2.24, 2.45) is 5.73 Å². The van der Waals surface area contributed by atoms with Crippen LogP contribution in [0.15, 0.2) is 18.2 Å². The molecular weight excluding hydrogens is 231 g/mol. The van der Waals surface area contributed by atoms with Gasteiger partial charge in [-0.2, -0.15) is 0 Å².